The number of hydrogen-bond donors (Lipinski definition) is 3. The van der Waals surface area contributed by atoms with Crippen molar-refractivity contribution in [1.82, 2.24) is 9.88 Å². The zero-order valence-corrected chi connectivity index (χ0v) is 9.53. The Kier molecular flexibility index (Phi) is 1.98. The largest absolute Gasteiger partial charge is 0.384 e. The Morgan fingerprint density at radius 2 is 2.12 bits per heavy atom. The predicted molar refractivity (Wildman–Crippen MR) is 66.2 cm³/mol. The summed E-state index contributed by atoms with van der Waals surface area (Å²) < 4.78 is 0. The van der Waals surface area contributed by atoms with Crippen LogP contribution in [0.4, 0.5) is 5.82 Å². The van der Waals surface area contributed by atoms with Crippen molar-refractivity contribution < 1.29 is 0 Å². The summed E-state index contributed by atoms with van der Waals surface area (Å²) >= 11 is 0. The molecule has 3 rings (SSSR count). The fraction of sp³-hybridized carbons (Fsp3) is 0.417. The van der Waals surface area contributed by atoms with Crippen molar-refractivity contribution in [3.05, 3.63) is 23.9 Å². The maximum atomic E-state index is 8.22. The van der Waals surface area contributed by atoms with Crippen LogP contribution in [0.15, 0.2) is 18.2 Å². The normalized spacial score (nSPS) is 20.9. The van der Waals surface area contributed by atoms with E-state index in [-0.39, 0.29) is 5.54 Å². The third kappa shape index (κ3) is 1.50. The van der Waals surface area contributed by atoms with Crippen molar-refractivity contribution in [2.24, 2.45) is 0 Å². The molecular formula is C12H15N5. The van der Waals surface area contributed by atoms with Crippen LogP contribution in [0.2, 0.25) is 0 Å². The lowest BCUT2D eigenvalue weighted by Crippen LogP contribution is -2.40. The highest BCUT2D eigenvalue weighted by Gasteiger charge is 2.54. The lowest BCUT2D eigenvalue weighted by molar-refractivity contribution is 0.441. The molecule has 1 saturated carbocycles. The van der Waals surface area contributed by atoms with Crippen molar-refractivity contribution in [2.45, 2.75) is 31.2 Å². The summed E-state index contributed by atoms with van der Waals surface area (Å²) in [5.74, 6) is 1.27. The average molecular weight is 229 g/mol. The van der Waals surface area contributed by atoms with E-state index in [1.807, 2.05) is 4.90 Å². The van der Waals surface area contributed by atoms with Crippen LogP contribution in [-0.4, -0.2) is 27.1 Å². The number of nitrogens with zero attached hydrogens (tertiary/aromatic N) is 2. The van der Waals surface area contributed by atoms with Gasteiger partial charge in [-0.3, -0.25) is 10.8 Å². The Morgan fingerprint density at radius 1 is 1.35 bits per heavy atom. The molecule has 5 nitrogen and oxygen atoms in total. The first-order chi connectivity index (χ1) is 8.12. The van der Waals surface area contributed by atoms with Gasteiger partial charge in [-0.05, 0) is 31.4 Å². The standard InChI is InChI=1S/C12H15N5/c13-9-3-1-2-8(16-9)11(15)17-10(14)4-5-12(17)6-7-12/h1-3,14-15H,4-7H2,(H2,13,16). The molecule has 2 heterocycles. The molecule has 17 heavy (non-hydrogen) atoms. The molecule has 4 N–H and O–H groups in total. The van der Waals surface area contributed by atoms with Crippen LogP contribution in [0.25, 0.3) is 0 Å². The molecule has 0 amide bonds. The SMILES string of the molecule is N=C1CCC2(CC2)N1C(=N)c1cccc(N)n1. The molecule has 1 aromatic heterocycles. The van der Waals surface area contributed by atoms with Gasteiger partial charge in [-0.2, -0.15) is 0 Å². The van der Waals surface area contributed by atoms with Gasteiger partial charge in [-0.15, -0.1) is 0 Å². The van der Waals surface area contributed by atoms with E-state index in [0.29, 0.717) is 23.2 Å². The van der Waals surface area contributed by atoms with E-state index in [1.54, 1.807) is 18.2 Å². The van der Waals surface area contributed by atoms with Gasteiger partial charge in [0, 0.05) is 12.0 Å². The fourth-order valence-electron chi connectivity index (χ4n) is 2.55. The average Bonchev–Trinajstić information content (AvgIpc) is 3.00. The van der Waals surface area contributed by atoms with E-state index in [1.165, 1.54) is 0 Å². The molecule has 1 spiro atoms. The summed E-state index contributed by atoms with van der Waals surface area (Å²) in [5, 5.41) is 16.2. The van der Waals surface area contributed by atoms with Crippen molar-refractivity contribution in [3.63, 3.8) is 0 Å². The molecule has 1 aliphatic heterocycles. The van der Waals surface area contributed by atoms with Crippen molar-refractivity contribution in [3.8, 4) is 0 Å². The Labute approximate surface area is 99.7 Å². The second kappa shape index (κ2) is 3.29. The molecule has 0 unspecified atom stereocenters. The van der Waals surface area contributed by atoms with E-state index in [0.717, 1.165) is 25.7 Å². The molecule has 5 heteroatoms. The molecule has 1 saturated heterocycles. The number of likely N-dealkylation sites (tertiary alicyclic amines) is 1. The van der Waals surface area contributed by atoms with Gasteiger partial charge in [0.2, 0.25) is 0 Å². The number of pyridine rings is 1. The summed E-state index contributed by atoms with van der Waals surface area (Å²) in [4.78, 5) is 6.00. The number of nitrogens with one attached hydrogen (secondary N) is 2. The van der Waals surface area contributed by atoms with Crippen LogP contribution in [0.5, 0.6) is 0 Å². The van der Waals surface area contributed by atoms with Crippen LogP contribution in [0, 0.1) is 10.8 Å². The van der Waals surface area contributed by atoms with Crippen molar-refractivity contribution in [2.75, 3.05) is 5.73 Å². The third-order valence-corrected chi connectivity index (χ3v) is 3.64. The maximum Gasteiger partial charge on any atom is 0.153 e. The molecule has 2 fully saturated rings. The number of amidine groups is 2. The van der Waals surface area contributed by atoms with Crippen LogP contribution in [-0.2, 0) is 0 Å². The summed E-state index contributed by atoms with van der Waals surface area (Å²) in [7, 11) is 0. The highest BCUT2D eigenvalue weighted by atomic mass is 15.3. The minimum absolute atomic E-state index is 0.0560. The third-order valence-electron chi connectivity index (χ3n) is 3.64. The Bertz CT molecular complexity index is 503. The molecule has 2 aliphatic rings. The number of nitrogens with two attached hydrogens (primary N) is 1. The lowest BCUT2D eigenvalue weighted by Gasteiger charge is -2.26. The highest BCUT2D eigenvalue weighted by Crippen LogP contribution is 2.50. The Morgan fingerprint density at radius 3 is 2.76 bits per heavy atom. The molecule has 0 atom stereocenters. The van der Waals surface area contributed by atoms with Gasteiger partial charge >= 0.3 is 0 Å². The Hall–Kier alpha value is -1.91. The topological polar surface area (TPSA) is 89.9 Å². The van der Waals surface area contributed by atoms with Gasteiger partial charge in [0.25, 0.3) is 0 Å². The van der Waals surface area contributed by atoms with E-state index in [4.69, 9.17) is 16.6 Å². The summed E-state index contributed by atoms with van der Waals surface area (Å²) in [6.45, 7) is 0. The molecule has 0 aromatic carbocycles. The minimum atomic E-state index is 0.0560. The summed E-state index contributed by atoms with van der Waals surface area (Å²) in [6.07, 6.45) is 3.93. The number of nitrogen functional groups attached to an aromatic ring is 1. The van der Waals surface area contributed by atoms with Crippen LogP contribution in [0.1, 0.15) is 31.4 Å². The van der Waals surface area contributed by atoms with Crippen LogP contribution < -0.4 is 5.73 Å². The molecular weight excluding hydrogens is 214 g/mol. The summed E-state index contributed by atoms with van der Waals surface area (Å²) in [6, 6.07) is 5.28. The van der Waals surface area contributed by atoms with Gasteiger partial charge in [-0.1, -0.05) is 6.07 Å². The van der Waals surface area contributed by atoms with E-state index < -0.39 is 0 Å². The highest BCUT2D eigenvalue weighted by molar-refractivity contribution is 6.08. The maximum absolute atomic E-state index is 8.22. The van der Waals surface area contributed by atoms with Crippen molar-refractivity contribution >= 4 is 17.5 Å². The summed E-state index contributed by atoms with van der Waals surface area (Å²) in [5.41, 5.74) is 6.25. The zero-order valence-electron chi connectivity index (χ0n) is 9.53. The molecule has 0 radical (unpaired) electrons. The first kappa shape index (κ1) is 10.3. The molecule has 1 aromatic rings. The number of anilines is 1. The smallest absolute Gasteiger partial charge is 0.153 e. The predicted octanol–water partition coefficient (Wildman–Crippen LogP) is 1.59. The molecule has 88 valence electrons. The molecule has 0 bridgehead atoms. The second-order valence-corrected chi connectivity index (χ2v) is 4.80. The first-order valence-electron chi connectivity index (χ1n) is 5.81. The zero-order chi connectivity index (χ0) is 12.0. The number of aromatic nitrogens is 1. The van der Waals surface area contributed by atoms with Crippen molar-refractivity contribution in [1.29, 1.82) is 10.8 Å². The lowest BCUT2D eigenvalue weighted by atomic mass is 10.2. The first-order valence-corrected chi connectivity index (χ1v) is 5.81. The number of rotatable bonds is 1. The van der Waals surface area contributed by atoms with Gasteiger partial charge in [-0.25, -0.2) is 4.98 Å². The van der Waals surface area contributed by atoms with Gasteiger partial charge in [0.15, 0.2) is 5.84 Å². The minimum Gasteiger partial charge on any atom is -0.384 e. The van der Waals surface area contributed by atoms with E-state index in [9.17, 15) is 0 Å². The Balaban J connectivity index is 1.94. The monoisotopic (exact) mass is 229 g/mol. The van der Waals surface area contributed by atoms with Crippen LogP contribution >= 0.6 is 0 Å². The van der Waals surface area contributed by atoms with Gasteiger partial charge in [0.1, 0.15) is 17.3 Å². The van der Waals surface area contributed by atoms with E-state index >= 15 is 0 Å². The quantitative estimate of drug-likeness (QED) is 0.504. The molecule has 1 aliphatic carbocycles. The second-order valence-electron chi connectivity index (χ2n) is 4.80. The number of hydrogen-bond acceptors (Lipinski definition) is 4. The fourth-order valence-corrected chi connectivity index (χ4v) is 2.55. The van der Waals surface area contributed by atoms with E-state index in [2.05, 4.69) is 4.98 Å². The van der Waals surface area contributed by atoms with Gasteiger partial charge in [0.05, 0.1) is 0 Å². The van der Waals surface area contributed by atoms with Gasteiger partial charge < -0.3 is 10.6 Å². The van der Waals surface area contributed by atoms with Crippen LogP contribution in [0.3, 0.4) is 0 Å².